The van der Waals surface area contributed by atoms with E-state index in [1.807, 2.05) is 0 Å². The summed E-state index contributed by atoms with van der Waals surface area (Å²) in [5, 5.41) is 0. The first kappa shape index (κ1) is 12.5. The minimum absolute atomic E-state index is 0.189. The molecule has 0 saturated carbocycles. The lowest BCUT2D eigenvalue weighted by molar-refractivity contribution is -0.137. The van der Waals surface area contributed by atoms with Crippen molar-refractivity contribution in [3.63, 3.8) is 0 Å². The molecule has 1 heterocycles. The molecule has 0 radical (unpaired) electrons. The standard InChI is InChI=1S/C12H10F3N3/c13-12(14,15)9-3-1-8(2-4-9)10-5-6-17-11(7-16)18-10/h1-6H,7,16H2. The summed E-state index contributed by atoms with van der Waals surface area (Å²) in [5.74, 6) is 0.451. The predicted molar refractivity (Wildman–Crippen MR) is 60.4 cm³/mol. The number of aromatic nitrogens is 2. The minimum atomic E-state index is -4.33. The molecular weight excluding hydrogens is 243 g/mol. The first-order chi connectivity index (χ1) is 8.50. The van der Waals surface area contributed by atoms with Gasteiger partial charge in [-0.1, -0.05) is 12.1 Å². The van der Waals surface area contributed by atoms with E-state index in [4.69, 9.17) is 5.73 Å². The molecule has 0 aliphatic heterocycles. The van der Waals surface area contributed by atoms with Gasteiger partial charge in [0.25, 0.3) is 0 Å². The van der Waals surface area contributed by atoms with Crippen LogP contribution in [0, 0.1) is 0 Å². The van der Waals surface area contributed by atoms with E-state index in [1.165, 1.54) is 18.3 Å². The Morgan fingerprint density at radius 2 is 1.72 bits per heavy atom. The van der Waals surface area contributed by atoms with Crippen molar-refractivity contribution in [3.8, 4) is 11.3 Å². The normalized spacial score (nSPS) is 11.6. The molecule has 2 rings (SSSR count). The number of nitrogens with zero attached hydrogens (tertiary/aromatic N) is 2. The fraction of sp³-hybridized carbons (Fsp3) is 0.167. The number of benzene rings is 1. The van der Waals surface area contributed by atoms with Gasteiger partial charge in [0, 0.05) is 11.8 Å². The summed E-state index contributed by atoms with van der Waals surface area (Å²) >= 11 is 0. The SMILES string of the molecule is NCc1nccc(-c2ccc(C(F)(F)F)cc2)n1. The zero-order chi connectivity index (χ0) is 13.2. The zero-order valence-corrected chi connectivity index (χ0v) is 9.28. The van der Waals surface area contributed by atoms with Crippen LogP contribution in [0.3, 0.4) is 0 Å². The molecule has 0 fully saturated rings. The van der Waals surface area contributed by atoms with Gasteiger partial charge in [0.15, 0.2) is 0 Å². The van der Waals surface area contributed by atoms with Crippen molar-refractivity contribution in [2.24, 2.45) is 5.73 Å². The van der Waals surface area contributed by atoms with Gasteiger partial charge in [-0.2, -0.15) is 13.2 Å². The molecule has 0 spiro atoms. The number of halogens is 3. The summed E-state index contributed by atoms with van der Waals surface area (Å²) in [6.45, 7) is 0.189. The molecule has 2 aromatic rings. The first-order valence-corrected chi connectivity index (χ1v) is 5.20. The van der Waals surface area contributed by atoms with Crippen molar-refractivity contribution < 1.29 is 13.2 Å². The number of hydrogen-bond donors (Lipinski definition) is 1. The molecule has 18 heavy (non-hydrogen) atoms. The number of nitrogens with two attached hydrogens (primary N) is 1. The Kier molecular flexibility index (Phi) is 3.29. The van der Waals surface area contributed by atoms with Crippen LogP contribution < -0.4 is 5.73 Å². The van der Waals surface area contributed by atoms with Crippen LogP contribution in [0.25, 0.3) is 11.3 Å². The third-order valence-corrected chi connectivity index (χ3v) is 2.40. The summed E-state index contributed by atoms with van der Waals surface area (Å²) in [4.78, 5) is 8.06. The van der Waals surface area contributed by atoms with Crippen LogP contribution in [-0.2, 0) is 12.7 Å². The molecular formula is C12H10F3N3. The van der Waals surface area contributed by atoms with Gasteiger partial charge in [0.05, 0.1) is 17.8 Å². The number of hydrogen-bond acceptors (Lipinski definition) is 3. The summed E-state index contributed by atoms with van der Waals surface area (Å²) in [7, 11) is 0. The smallest absolute Gasteiger partial charge is 0.324 e. The lowest BCUT2D eigenvalue weighted by Gasteiger charge is -2.07. The molecule has 0 amide bonds. The first-order valence-electron chi connectivity index (χ1n) is 5.20. The highest BCUT2D eigenvalue weighted by Crippen LogP contribution is 2.30. The van der Waals surface area contributed by atoms with E-state index in [2.05, 4.69) is 9.97 Å². The molecule has 0 atom stereocenters. The maximum absolute atomic E-state index is 12.4. The number of rotatable bonds is 2. The summed E-state index contributed by atoms with van der Waals surface area (Å²) in [6.07, 6.45) is -2.80. The topological polar surface area (TPSA) is 51.8 Å². The third-order valence-electron chi connectivity index (χ3n) is 2.40. The zero-order valence-electron chi connectivity index (χ0n) is 9.28. The highest BCUT2D eigenvalue weighted by Gasteiger charge is 2.29. The van der Waals surface area contributed by atoms with E-state index < -0.39 is 11.7 Å². The van der Waals surface area contributed by atoms with Gasteiger partial charge in [0.2, 0.25) is 0 Å². The van der Waals surface area contributed by atoms with Crippen LogP contribution in [0.1, 0.15) is 11.4 Å². The fourth-order valence-electron chi connectivity index (χ4n) is 1.49. The van der Waals surface area contributed by atoms with Crippen LogP contribution in [-0.4, -0.2) is 9.97 Å². The summed E-state index contributed by atoms with van der Waals surface area (Å²) < 4.78 is 37.2. The Balaban J connectivity index is 2.34. The summed E-state index contributed by atoms with van der Waals surface area (Å²) in [5.41, 5.74) is 5.88. The van der Waals surface area contributed by atoms with Crippen molar-refractivity contribution in [2.45, 2.75) is 12.7 Å². The average molecular weight is 253 g/mol. The molecule has 1 aromatic carbocycles. The molecule has 6 heteroatoms. The average Bonchev–Trinajstić information content (AvgIpc) is 2.38. The highest BCUT2D eigenvalue weighted by atomic mass is 19.4. The van der Waals surface area contributed by atoms with Crippen molar-refractivity contribution >= 4 is 0 Å². The fourth-order valence-corrected chi connectivity index (χ4v) is 1.49. The van der Waals surface area contributed by atoms with Gasteiger partial charge >= 0.3 is 6.18 Å². The maximum atomic E-state index is 12.4. The molecule has 0 saturated heterocycles. The summed E-state index contributed by atoms with van der Waals surface area (Å²) in [6, 6.07) is 6.44. The third kappa shape index (κ3) is 2.65. The Hall–Kier alpha value is -1.95. The molecule has 3 nitrogen and oxygen atoms in total. The predicted octanol–water partition coefficient (Wildman–Crippen LogP) is 2.62. The van der Waals surface area contributed by atoms with Crippen LogP contribution in [0.15, 0.2) is 36.5 Å². The van der Waals surface area contributed by atoms with Gasteiger partial charge in [-0.05, 0) is 18.2 Å². The van der Waals surface area contributed by atoms with Crippen molar-refractivity contribution in [1.82, 2.24) is 9.97 Å². The Morgan fingerprint density at radius 3 is 2.28 bits per heavy atom. The van der Waals surface area contributed by atoms with Gasteiger partial charge in [0.1, 0.15) is 5.82 Å². The molecule has 0 bridgehead atoms. The van der Waals surface area contributed by atoms with E-state index >= 15 is 0 Å². The minimum Gasteiger partial charge on any atom is -0.324 e. The van der Waals surface area contributed by atoms with E-state index in [0.717, 1.165) is 12.1 Å². The second kappa shape index (κ2) is 4.73. The van der Waals surface area contributed by atoms with Crippen LogP contribution in [0.5, 0.6) is 0 Å². The maximum Gasteiger partial charge on any atom is 0.416 e. The van der Waals surface area contributed by atoms with Crippen molar-refractivity contribution in [1.29, 1.82) is 0 Å². The molecule has 0 aliphatic carbocycles. The van der Waals surface area contributed by atoms with E-state index in [1.54, 1.807) is 6.07 Å². The van der Waals surface area contributed by atoms with Gasteiger partial charge in [-0.3, -0.25) is 0 Å². The second-order valence-corrected chi connectivity index (χ2v) is 3.64. The Bertz CT molecular complexity index is 535. The monoisotopic (exact) mass is 253 g/mol. The lowest BCUT2D eigenvalue weighted by atomic mass is 10.1. The van der Waals surface area contributed by atoms with Crippen LogP contribution >= 0.6 is 0 Å². The van der Waals surface area contributed by atoms with Gasteiger partial charge in [-0.25, -0.2) is 9.97 Å². The molecule has 1 aromatic heterocycles. The largest absolute Gasteiger partial charge is 0.416 e. The highest BCUT2D eigenvalue weighted by molar-refractivity contribution is 5.59. The number of alkyl halides is 3. The second-order valence-electron chi connectivity index (χ2n) is 3.64. The molecule has 0 unspecified atom stereocenters. The Labute approximate surface area is 101 Å². The van der Waals surface area contributed by atoms with E-state index in [0.29, 0.717) is 17.1 Å². The quantitative estimate of drug-likeness (QED) is 0.895. The molecule has 94 valence electrons. The Morgan fingerprint density at radius 1 is 1.06 bits per heavy atom. The van der Waals surface area contributed by atoms with Crippen LogP contribution in [0.2, 0.25) is 0 Å². The molecule has 0 aliphatic rings. The van der Waals surface area contributed by atoms with E-state index in [9.17, 15) is 13.2 Å². The van der Waals surface area contributed by atoms with Crippen molar-refractivity contribution in [3.05, 3.63) is 47.9 Å². The van der Waals surface area contributed by atoms with Crippen molar-refractivity contribution in [2.75, 3.05) is 0 Å². The lowest BCUT2D eigenvalue weighted by Crippen LogP contribution is -2.05. The van der Waals surface area contributed by atoms with Gasteiger partial charge < -0.3 is 5.73 Å². The molecule has 2 N–H and O–H groups in total. The van der Waals surface area contributed by atoms with E-state index in [-0.39, 0.29) is 6.54 Å². The van der Waals surface area contributed by atoms with Gasteiger partial charge in [-0.15, -0.1) is 0 Å². The van der Waals surface area contributed by atoms with Crippen LogP contribution in [0.4, 0.5) is 13.2 Å².